The first kappa shape index (κ1) is 12.3. The average Bonchev–Trinajstić information content (AvgIpc) is 2.39. The van der Waals surface area contributed by atoms with E-state index in [0.29, 0.717) is 0 Å². The molecule has 0 aromatic heterocycles. The van der Waals surface area contributed by atoms with Crippen molar-refractivity contribution in [2.24, 2.45) is 0 Å². The lowest BCUT2D eigenvalue weighted by atomic mass is 10.1. The van der Waals surface area contributed by atoms with Crippen molar-refractivity contribution < 1.29 is 9.84 Å². The molecule has 0 aliphatic heterocycles. The lowest BCUT2D eigenvalue weighted by Crippen LogP contribution is -2.06. The van der Waals surface area contributed by atoms with Crippen LogP contribution in [-0.4, -0.2) is 12.2 Å². The minimum Gasteiger partial charge on any atom is -0.508 e. The van der Waals surface area contributed by atoms with E-state index in [1.54, 1.807) is 19.2 Å². The molecule has 2 rings (SSSR count). The molecule has 0 fully saturated rings. The first-order valence-electron chi connectivity index (χ1n) is 5.88. The van der Waals surface area contributed by atoms with E-state index in [4.69, 9.17) is 4.74 Å². The average molecular weight is 243 g/mol. The number of nitrogens with one attached hydrogen (secondary N) is 1. The minimum absolute atomic E-state index is 0.141. The largest absolute Gasteiger partial charge is 0.508 e. The predicted molar refractivity (Wildman–Crippen MR) is 73.1 cm³/mol. The summed E-state index contributed by atoms with van der Waals surface area (Å²) in [6, 6.07) is 15.2. The van der Waals surface area contributed by atoms with E-state index >= 15 is 0 Å². The van der Waals surface area contributed by atoms with Gasteiger partial charge in [0.05, 0.1) is 7.11 Å². The summed E-state index contributed by atoms with van der Waals surface area (Å²) in [4.78, 5) is 0. The monoisotopic (exact) mass is 243 g/mol. The molecule has 0 saturated heterocycles. The fourth-order valence-corrected chi connectivity index (χ4v) is 1.84. The zero-order valence-electron chi connectivity index (χ0n) is 10.6. The van der Waals surface area contributed by atoms with Crippen molar-refractivity contribution in [2.45, 2.75) is 13.0 Å². The molecule has 2 aromatic rings. The second kappa shape index (κ2) is 5.45. The minimum atomic E-state index is 0.141. The van der Waals surface area contributed by atoms with Crippen molar-refractivity contribution in [3.63, 3.8) is 0 Å². The number of rotatable bonds is 4. The van der Waals surface area contributed by atoms with Gasteiger partial charge in [-0.05, 0) is 36.8 Å². The molecule has 0 saturated carbocycles. The molecule has 0 amide bonds. The van der Waals surface area contributed by atoms with Crippen LogP contribution in [0.2, 0.25) is 0 Å². The molecule has 3 nitrogen and oxygen atoms in total. The number of benzene rings is 2. The van der Waals surface area contributed by atoms with Crippen molar-refractivity contribution in [1.29, 1.82) is 0 Å². The van der Waals surface area contributed by atoms with E-state index in [9.17, 15) is 5.11 Å². The molecule has 0 aliphatic rings. The Balaban J connectivity index is 2.13. The van der Waals surface area contributed by atoms with Gasteiger partial charge in [0.25, 0.3) is 0 Å². The molecule has 0 aliphatic carbocycles. The second-order valence-electron chi connectivity index (χ2n) is 4.19. The molecule has 0 radical (unpaired) electrons. The van der Waals surface area contributed by atoms with E-state index in [2.05, 4.69) is 12.2 Å². The molecular weight excluding hydrogens is 226 g/mol. The maximum atomic E-state index is 9.42. The summed E-state index contributed by atoms with van der Waals surface area (Å²) in [5.74, 6) is 1.11. The lowest BCUT2D eigenvalue weighted by molar-refractivity contribution is 0.414. The normalized spacial score (nSPS) is 11.9. The molecule has 0 spiro atoms. The number of ether oxygens (including phenoxy) is 1. The van der Waals surface area contributed by atoms with Gasteiger partial charge in [-0.15, -0.1) is 0 Å². The van der Waals surface area contributed by atoms with Gasteiger partial charge in [0.15, 0.2) is 0 Å². The van der Waals surface area contributed by atoms with E-state index in [1.165, 1.54) is 0 Å². The highest BCUT2D eigenvalue weighted by molar-refractivity contribution is 5.49. The summed E-state index contributed by atoms with van der Waals surface area (Å²) >= 11 is 0. The first-order valence-corrected chi connectivity index (χ1v) is 5.88. The van der Waals surface area contributed by atoms with Crippen molar-refractivity contribution in [1.82, 2.24) is 0 Å². The van der Waals surface area contributed by atoms with Crippen LogP contribution in [0.15, 0.2) is 48.5 Å². The van der Waals surface area contributed by atoms with Gasteiger partial charge in [-0.2, -0.15) is 0 Å². The number of hydrogen-bond donors (Lipinski definition) is 2. The molecule has 1 atom stereocenters. The predicted octanol–water partition coefficient (Wildman–Crippen LogP) is 3.57. The van der Waals surface area contributed by atoms with Crippen molar-refractivity contribution >= 4 is 5.69 Å². The van der Waals surface area contributed by atoms with Gasteiger partial charge in [0.1, 0.15) is 11.5 Å². The third kappa shape index (κ3) is 2.94. The van der Waals surface area contributed by atoms with Gasteiger partial charge >= 0.3 is 0 Å². The van der Waals surface area contributed by atoms with Crippen molar-refractivity contribution in [3.05, 3.63) is 54.1 Å². The van der Waals surface area contributed by atoms with E-state index in [0.717, 1.165) is 17.0 Å². The number of phenolic OH excluding ortho intramolecular Hbond substituents is 1. The molecule has 2 N–H and O–H groups in total. The van der Waals surface area contributed by atoms with E-state index < -0.39 is 0 Å². The fraction of sp³-hybridized carbons (Fsp3) is 0.200. The lowest BCUT2D eigenvalue weighted by Gasteiger charge is -2.16. The van der Waals surface area contributed by atoms with Crippen LogP contribution in [-0.2, 0) is 0 Å². The Hall–Kier alpha value is -2.16. The summed E-state index contributed by atoms with van der Waals surface area (Å²) in [6.45, 7) is 2.07. The van der Waals surface area contributed by atoms with Crippen LogP contribution in [0.3, 0.4) is 0 Å². The molecule has 0 bridgehead atoms. The molecule has 3 heteroatoms. The summed E-state index contributed by atoms with van der Waals surface area (Å²) in [6.07, 6.45) is 0. The Morgan fingerprint density at radius 2 is 1.89 bits per heavy atom. The smallest absolute Gasteiger partial charge is 0.119 e. The zero-order valence-corrected chi connectivity index (χ0v) is 10.6. The van der Waals surface area contributed by atoms with Gasteiger partial charge < -0.3 is 15.2 Å². The maximum absolute atomic E-state index is 9.42. The zero-order chi connectivity index (χ0) is 13.0. The van der Waals surface area contributed by atoms with Gasteiger partial charge in [-0.1, -0.05) is 18.2 Å². The molecule has 0 heterocycles. The van der Waals surface area contributed by atoms with Crippen LogP contribution in [0.25, 0.3) is 0 Å². The molecule has 18 heavy (non-hydrogen) atoms. The van der Waals surface area contributed by atoms with Gasteiger partial charge in [0, 0.05) is 17.8 Å². The second-order valence-corrected chi connectivity index (χ2v) is 4.19. The van der Waals surface area contributed by atoms with Crippen LogP contribution in [0.4, 0.5) is 5.69 Å². The Morgan fingerprint density at radius 1 is 1.11 bits per heavy atom. The third-order valence-electron chi connectivity index (χ3n) is 2.82. The van der Waals surface area contributed by atoms with Crippen LogP contribution in [0.1, 0.15) is 18.5 Å². The summed E-state index contributed by atoms with van der Waals surface area (Å²) in [7, 11) is 1.66. The Kier molecular flexibility index (Phi) is 3.72. The standard InChI is InChI=1S/C15H17NO2/c1-11(12-5-3-8-15(9-12)18-2)16-13-6-4-7-14(17)10-13/h3-11,16-17H,1-2H3. The van der Waals surface area contributed by atoms with Crippen LogP contribution in [0, 0.1) is 0 Å². The van der Waals surface area contributed by atoms with E-state index in [-0.39, 0.29) is 11.8 Å². The summed E-state index contributed by atoms with van der Waals surface area (Å²) in [5, 5.41) is 12.8. The molecule has 1 unspecified atom stereocenters. The summed E-state index contributed by atoms with van der Waals surface area (Å²) in [5.41, 5.74) is 2.03. The highest BCUT2D eigenvalue weighted by Crippen LogP contribution is 2.24. The van der Waals surface area contributed by atoms with Gasteiger partial charge in [-0.3, -0.25) is 0 Å². The molecule has 2 aromatic carbocycles. The molecular formula is C15H17NO2. The topological polar surface area (TPSA) is 41.5 Å². The fourth-order valence-electron chi connectivity index (χ4n) is 1.84. The van der Waals surface area contributed by atoms with Gasteiger partial charge in [0.2, 0.25) is 0 Å². The van der Waals surface area contributed by atoms with Crippen molar-refractivity contribution in [2.75, 3.05) is 12.4 Å². The SMILES string of the molecule is COc1cccc(C(C)Nc2cccc(O)c2)c1. The van der Waals surface area contributed by atoms with E-state index in [1.807, 2.05) is 36.4 Å². The Bertz CT molecular complexity index is 525. The maximum Gasteiger partial charge on any atom is 0.119 e. The molecule has 94 valence electrons. The number of aromatic hydroxyl groups is 1. The van der Waals surface area contributed by atoms with Crippen LogP contribution in [0.5, 0.6) is 11.5 Å². The number of phenols is 1. The Labute approximate surface area is 107 Å². The van der Waals surface area contributed by atoms with Crippen LogP contribution >= 0.6 is 0 Å². The number of methoxy groups -OCH3 is 1. The first-order chi connectivity index (χ1) is 8.69. The Morgan fingerprint density at radius 3 is 2.61 bits per heavy atom. The van der Waals surface area contributed by atoms with Crippen LogP contribution < -0.4 is 10.1 Å². The van der Waals surface area contributed by atoms with Crippen molar-refractivity contribution in [3.8, 4) is 11.5 Å². The van der Waals surface area contributed by atoms with Gasteiger partial charge in [-0.25, -0.2) is 0 Å². The number of hydrogen-bond acceptors (Lipinski definition) is 3. The highest BCUT2D eigenvalue weighted by Gasteiger charge is 2.06. The third-order valence-corrected chi connectivity index (χ3v) is 2.82. The quantitative estimate of drug-likeness (QED) is 0.862. The summed E-state index contributed by atoms with van der Waals surface area (Å²) < 4.78 is 5.21. The highest BCUT2D eigenvalue weighted by atomic mass is 16.5. The number of anilines is 1.